The van der Waals surface area contributed by atoms with Gasteiger partial charge in [-0.15, -0.1) is 0 Å². The summed E-state index contributed by atoms with van der Waals surface area (Å²) in [6.45, 7) is 7.20. The Hall–Kier alpha value is -2.89. The first-order chi connectivity index (χ1) is 12.7. The normalized spacial score (nSPS) is 13.5. The maximum atomic E-state index is 12.3. The van der Waals surface area contributed by atoms with Gasteiger partial charge in [0.15, 0.2) is 0 Å². The largest absolute Gasteiger partial charge is 0.444 e. The Labute approximate surface area is 159 Å². The number of alkyl carbamates (subject to hydrolysis) is 1. The summed E-state index contributed by atoms with van der Waals surface area (Å²) >= 11 is 0. The first kappa shape index (κ1) is 20.4. The molecule has 2 rings (SSSR count). The molecule has 2 atom stereocenters. The smallest absolute Gasteiger partial charge is 0.408 e. The van der Waals surface area contributed by atoms with Gasteiger partial charge in [0.25, 0.3) is 0 Å². The third-order valence-electron chi connectivity index (χ3n) is 4.05. The van der Waals surface area contributed by atoms with E-state index in [1.165, 1.54) is 0 Å². The molecule has 0 fully saturated rings. The second kappa shape index (κ2) is 8.66. The van der Waals surface area contributed by atoms with E-state index in [4.69, 9.17) is 4.74 Å². The fraction of sp³-hybridized carbons (Fsp3) is 0.381. The van der Waals surface area contributed by atoms with Crippen molar-refractivity contribution >= 4 is 6.09 Å². The van der Waals surface area contributed by atoms with Crippen LogP contribution < -0.4 is 5.32 Å². The van der Waals surface area contributed by atoms with E-state index in [1.807, 2.05) is 49.4 Å². The van der Waals surface area contributed by atoms with E-state index >= 15 is 0 Å². The molecule has 0 aliphatic heterocycles. The predicted molar refractivity (Wildman–Crippen MR) is 104 cm³/mol. The average molecular weight is 370 g/mol. The monoisotopic (exact) mass is 370 g/mol. The SMILES string of the molecule is Cc1ccc([C@@H](NC(=O)OC(C)(C)C)[C@H](Cc2ccccc2)[N+](=O)[O-])cc1. The minimum absolute atomic E-state index is 0.197. The molecule has 0 radical (unpaired) electrons. The summed E-state index contributed by atoms with van der Waals surface area (Å²) < 4.78 is 5.32. The summed E-state index contributed by atoms with van der Waals surface area (Å²) in [7, 11) is 0. The lowest BCUT2D eigenvalue weighted by Crippen LogP contribution is -2.43. The molecular formula is C21H26N2O4. The van der Waals surface area contributed by atoms with Gasteiger partial charge in [-0.25, -0.2) is 4.79 Å². The number of hydrogen-bond acceptors (Lipinski definition) is 4. The topological polar surface area (TPSA) is 81.5 Å². The highest BCUT2D eigenvalue weighted by Crippen LogP contribution is 2.24. The molecule has 27 heavy (non-hydrogen) atoms. The highest BCUT2D eigenvalue weighted by molar-refractivity contribution is 5.68. The van der Waals surface area contributed by atoms with Crippen molar-refractivity contribution in [2.75, 3.05) is 0 Å². The molecule has 6 heteroatoms. The van der Waals surface area contributed by atoms with Gasteiger partial charge in [-0.3, -0.25) is 10.1 Å². The van der Waals surface area contributed by atoms with E-state index in [-0.39, 0.29) is 11.3 Å². The van der Waals surface area contributed by atoms with Crippen molar-refractivity contribution in [2.45, 2.75) is 51.8 Å². The van der Waals surface area contributed by atoms with Gasteiger partial charge < -0.3 is 10.1 Å². The molecular weight excluding hydrogens is 344 g/mol. The van der Waals surface area contributed by atoms with Crippen molar-refractivity contribution in [3.8, 4) is 0 Å². The summed E-state index contributed by atoms with van der Waals surface area (Å²) in [5, 5.41) is 14.6. The Bertz CT molecular complexity index is 767. The Morgan fingerprint density at radius 1 is 1.11 bits per heavy atom. The number of rotatable bonds is 6. The van der Waals surface area contributed by atoms with Gasteiger partial charge in [0.05, 0.1) is 0 Å². The molecule has 0 aliphatic rings. The first-order valence-electron chi connectivity index (χ1n) is 8.89. The molecule has 0 saturated carbocycles. The van der Waals surface area contributed by atoms with Crippen LogP contribution in [0.15, 0.2) is 54.6 Å². The Morgan fingerprint density at radius 2 is 1.70 bits per heavy atom. The molecule has 2 aromatic rings. The van der Waals surface area contributed by atoms with Crippen molar-refractivity contribution in [3.05, 3.63) is 81.4 Å². The zero-order valence-electron chi connectivity index (χ0n) is 16.1. The third-order valence-corrected chi connectivity index (χ3v) is 4.05. The van der Waals surface area contributed by atoms with Gasteiger partial charge >= 0.3 is 6.09 Å². The van der Waals surface area contributed by atoms with Crippen LogP contribution in [-0.2, 0) is 11.2 Å². The lowest BCUT2D eigenvalue weighted by Gasteiger charge is -2.26. The van der Waals surface area contributed by atoms with Crippen LogP contribution in [-0.4, -0.2) is 22.7 Å². The summed E-state index contributed by atoms with van der Waals surface area (Å²) in [6.07, 6.45) is -0.477. The fourth-order valence-electron chi connectivity index (χ4n) is 2.78. The minimum Gasteiger partial charge on any atom is -0.444 e. The van der Waals surface area contributed by atoms with Crippen molar-refractivity contribution < 1.29 is 14.5 Å². The highest BCUT2D eigenvalue weighted by atomic mass is 16.6. The maximum Gasteiger partial charge on any atom is 0.408 e. The minimum atomic E-state index is -1.03. The molecule has 0 bridgehead atoms. The zero-order valence-corrected chi connectivity index (χ0v) is 16.1. The molecule has 0 spiro atoms. The molecule has 0 saturated heterocycles. The van der Waals surface area contributed by atoms with E-state index in [9.17, 15) is 14.9 Å². The Kier molecular flexibility index (Phi) is 6.55. The van der Waals surface area contributed by atoms with Crippen LogP contribution in [0.3, 0.4) is 0 Å². The maximum absolute atomic E-state index is 12.3. The summed E-state index contributed by atoms with van der Waals surface area (Å²) in [4.78, 5) is 23.9. The van der Waals surface area contributed by atoms with E-state index in [1.54, 1.807) is 32.9 Å². The van der Waals surface area contributed by atoms with Crippen molar-refractivity contribution in [1.82, 2.24) is 5.32 Å². The summed E-state index contributed by atoms with van der Waals surface area (Å²) in [5.41, 5.74) is 1.85. The van der Waals surface area contributed by atoms with Crippen molar-refractivity contribution in [3.63, 3.8) is 0 Å². The van der Waals surface area contributed by atoms with Gasteiger partial charge in [-0.05, 0) is 38.8 Å². The highest BCUT2D eigenvalue weighted by Gasteiger charge is 2.35. The van der Waals surface area contributed by atoms with Crippen LogP contribution in [0.1, 0.15) is 43.5 Å². The van der Waals surface area contributed by atoms with E-state index in [0.29, 0.717) is 5.56 Å². The van der Waals surface area contributed by atoms with Crippen LogP contribution in [0.2, 0.25) is 0 Å². The average Bonchev–Trinajstić information content (AvgIpc) is 2.58. The zero-order chi connectivity index (χ0) is 20.0. The van der Waals surface area contributed by atoms with Gasteiger partial charge in [0.2, 0.25) is 6.04 Å². The fourth-order valence-corrected chi connectivity index (χ4v) is 2.78. The summed E-state index contributed by atoms with van der Waals surface area (Å²) in [5.74, 6) is 0. The molecule has 1 amide bonds. The van der Waals surface area contributed by atoms with Crippen molar-refractivity contribution in [1.29, 1.82) is 0 Å². The molecule has 1 N–H and O–H groups in total. The quantitative estimate of drug-likeness (QED) is 0.602. The number of carbonyl (C=O) groups excluding carboxylic acids is 1. The standard InChI is InChI=1S/C21H26N2O4/c1-15-10-12-17(13-11-15)19(22-20(24)27-21(2,3)4)18(23(25)26)14-16-8-6-5-7-9-16/h5-13,18-19H,14H2,1-4H3,(H,22,24)/t18-,19+/m0/s1. The molecule has 144 valence electrons. The number of nitrogens with zero attached hydrogens (tertiary/aromatic N) is 1. The summed E-state index contributed by atoms with van der Waals surface area (Å²) in [6, 6.07) is 14.8. The first-order valence-corrected chi connectivity index (χ1v) is 8.89. The predicted octanol–water partition coefficient (Wildman–Crippen LogP) is 4.45. The second-order valence-electron chi connectivity index (χ2n) is 7.58. The van der Waals surface area contributed by atoms with Gasteiger partial charge in [0, 0.05) is 11.3 Å². The van der Waals surface area contributed by atoms with Crippen LogP contribution in [0.5, 0.6) is 0 Å². The number of nitro groups is 1. The number of aryl methyl sites for hydroxylation is 1. The molecule has 0 aromatic heterocycles. The van der Waals surface area contributed by atoms with Crippen LogP contribution in [0.4, 0.5) is 4.79 Å². The van der Waals surface area contributed by atoms with E-state index < -0.39 is 23.8 Å². The van der Waals surface area contributed by atoms with Gasteiger partial charge in [-0.2, -0.15) is 0 Å². The second-order valence-corrected chi connectivity index (χ2v) is 7.58. The van der Waals surface area contributed by atoms with Crippen LogP contribution in [0, 0.1) is 17.0 Å². The van der Waals surface area contributed by atoms with Crippen LogP contribution >= 0.6 is 0 Å². The lowest BCUT2D eigenvalue weighted by atomic mass is 9.93. The number of nitrogens with one attached hydrogen (secondary N) is 1. The Balaban J connectivity index is 2.34. The molecule has 0 unspecified atom stereocenters. The number of benzene rings is 2. The van der Waals surface area contributed by atoms with Crippen molar-refractivity contribution in [2.24, 2.45) is 0 Å². The Morgan fingerprint density at radius 3 is 2.22 bits per heavy atom. The number of hydrogen-bond donors (Lipinski definition) is 1. The van der Waals surface area contributed by atoms with Crippen LogP contribution in [0.25, 0.3) is 0 Å². The molecule has 0 heterocycles. The third kappa shape index (κ3) is 6.40. The molecule has 0 aliphatic carbocycles. The number of ether oxygens (including phenoxy) is 1. The van der Waals surface area contributed by atoms with Gasteiger partial charge in [0.1, 0.15) is 11.6 Å². The molecule has 2 aromatic carbocycles. The van der Waals surface area contributed by atoms with Gasteiger partial charge in [-0.1, -0.05) is 60.2 Å². The lowest BCUT2D eigenvalue weighted by molar-refractivity contribution is -0.527. The number of amides is 1. The number of carbonyl (C=O) groups is 1. The molecule has 6 nitrogen and oxygen atoms in total. The van der Waals surface area contributed by atoms with E-state index in [0.717, 1.165) is 11.1 Å². The van der Waals surface area contributed by atoms with E-state index in [2.05, 4.69) is 5.32 Å².